The van der Waals surface area contributed by atoms with Crippen LogP contribution in [0.25, 0.3) is 11.0 Å². The van der Waals surface area contributed by atoms with Crippen LogP contribution in [0.4, 0.5) is 0 Å². The second-order valence-electron chi connectivity index (χ2n) is 6.07. The number of amides is 1. The Hall–Kier alpha value is -2.28. The Balaban J connectivity index is 1.66. The number of aromatic nitrogens is 4. The number of fused-ring (bicyclic) bond motifs is 2. The summed E-state index contributed by atoms with van der Waals surface area (Å²) in [5.41, 5.74) is 4.32. The molecule has 24 heavy (non-hydrogen) atoms. The normalized spacial score (nSPS) is 14.0. The first-order valence-electron chi connectivity index (χ1n) is 7.75. The number of pyridine rings is 2. The van der Waals surface area contributed by atoms with Crippen LogP contribution in [0.5, 0.6) is 0 Å². The van der Waals surface area contributed by atoms with Crippen molar-refractivity contribution < 1.29 is 4.79 Å². The molecule has 0 saturated carbocycles. The molecule has 0 spiro atoms. The molecule has 4 rings (SSSR count). The third kappa shape index (κ3) is 2.58. The number of hydrogen-bond donors (Lipinski definition) is 0. The van der Waals surface area contributed by atoms with Gasteiger partial charge in [-0.25, -0.2) is 9.97 Å². The van der Waals surface area contributed by atoms with Gasteiger partial charge < -0.3 is 4.90 Å². The Labute approximate surface area is 147 Å². The van der Waals surface area contributed by atoms with Crippen molar-refractivity contribution >= 4 is 32.9 Å². The largest absolute Gasteiger partial charge is 0.332 e. The van der Waals surface area contributed by atoms with Gasteiger partial charge in [-0.2, -0.15) is 5.10 Å². The van der Waals surface area contributed by atoms with Crippen LogP contribution in [0.3, 0.4) is 0 Å². The summed E-state index contributed by atoms with van der Waals surface area (Å²) in [4.78, 5) is 23.5. The highest BCUT2D eigenvalue weighted by Crippen LogP contribution is 2.24. The molecule has 3 aromatic heterocycles. The van der Waals surface area contributed by atoms with E-state index in [0.717, 1.165) is 38.9 Å². The minimum absolute atomic E-state index is 0.0307. The van der Waals surface area contributed by atoms with Crippen LogP contribution in [0.15, 0.2) is 28.9 Å². The van der Waals surface area contributed by atoms with Crippen LogP contribution in [0, 0.1) is 6.92 Å². The van der Waals surface area contributed by atoms with E-state index in [2.05, 4.69) is 37.1 Å². The van der Waals surface area contributed by atoms with Crippen molar-refractivity contribution in [1.29, 1.82) is 0 Å². The molecule has 122 valence electrons. The van der Waals surface area contributed by atoms with Gasteiger partial charge in [0.15, 0.2) is 11.3 Å². The quantitative estimate of drug-likeness (QED) is 0.645. The van der Waals surface area contributed by atoms with Crippen molar-refractivity contribution in [1.82, 2.24) is 24.6 Å². The van der Waals surface area contributed by atoms with E-state index in [1.807, 2.05) is 31.0 Å². The molecule has 0 aliphatic carbocycles. The maximum absolute atomic E-state index is 12.7. The lowest BCUT2D eigenvalue weighted by atomic mass is 10.0. The third-order valence-electron chi connectivity index (χ3n) is 4.40. The molecule has 0 N–H and O–H groups in total. The SMILES string of the molecule is Cc1cc(C(=O)N2CCc3nc4ncc(Br)cc4cc3C2)nn1C. The van der Waals surface area contributed by atoms with Crippen molar-refractivity contribution in [3.05, 3.63) is 51.5 Å². The first-order valence-corrected chi connectivity index (χ1v) is 8.54. The predicted molar refractivity (Wildman–Crippen MR) is 93.6 cm³/mol. The standard InChI is InChI=1S/C17H16BrN5O/c1-10-5-15(21-22(10)2)17(24)23-4-3-14-12(9-23)6-11-7-13(18)8-19-16(11)20-14/h5-8H,3-4,9H2,1-2H3. The van der Waals surface area contributed by atoms with E-state index in [9.17, 15) is 4.79 Å². The van der Waals surface area contributed by atoms with E-state index >= 15 is 0 Å². The summed E-state index contributed by atoms with van der Waals surface area (Å²) < 4.78 is 2.65. The van der Waals surface area contributed by atoms with Crippen molar-refractivity contribution in [2.45, 2.75) is 19.9 Å². The molecule has 7 heteroatoms. The Kier molecular flexibility index (Phi) is 3.60. The van der Waals surface area contributed by atoms with Crippen LogP contribution in [0.1, 0.15) is 27.4 Å². The smallest absolute Gasteiger partial charge is 0.274 e. The Morgan fingerprint density at radius 2 is 2.12 bits per heavy atom. The van der Waals surface area contributed by atoms with Gasteiger partial charge in [0, 0.05) is 54.0 Å². The maximum atomic E-state index is 12.7. The fraction of sp³-hybridized carbons (Fsp3) is 0.294. The molecule has 3 aromatic rings. The fourth-order valence-corrected chi connectivity index (χ4v) is 3.35. The number of aryl methyl sites for hydroxylation is 2. The Bertz CT molecular complexity index is 946. The van der Waals surface area contributed by atoms with Gasteiger partial charge in [0.25, 0.3) is 5.91 Å². The van der Waals surface area contributed by atoms with Crippen LogP contribution < -0.4 is 0 Å². The number of hydrogen-bond acceptors (Lipinski definition) is 4. The summed E-state index contributed by atoms with van der Waals surface area (Å²) in [6.45, 7) is 3.14. The summed E-state index contributed by atoms with van der Waals surface area (Å²) in [6, 6.07) is 5.91. The zero-order chi connectivity index (χ0) is 16.8. The molecule has 0 saturated heterocycles. The van der Waals surface area contributed by atoms with E-state index in [0.29, 0.717) is 18.8 Å². The lowest BCUT2D eigenvalue weighted by Gasteiger charge is -2.27. The average molecular weight is 386 g/mol. The van der Waals surface area contributed by atoms with Crippen LogP contribution >= 0.6 is 15.9 Å². The Morgan fingerprint density at radius 3 is 2.88 bits per heavy atom. The molecule has 0 unspecified atom stereocenters. The highest BCUT2D eigenvalue weighted by Gasteiger charge is 2.25. The van der Waals surface area contributed by atoms with E-state index in [1.54, 1.807) is 10.9 Å². The van der Waals surface area contributed by atoms with Gasteiger partial charge in [0.1, 0.15) is 0 Å². The van der Waals surface area contributed by atoms with E-state index in [4.69, 9.17) is 0 Å². The number of carbonyl (C=O) groups excluding carboxylic acids is 1. The van der Waals surface area contributed by atoms with Gasteiger partial charge in [0.05, 0.1) is 0 Å². The number of nitrogens with zero attached hydrogens (tertiary/aromatic N) is 5. The van der Waals surface area contributed by atoms with Crippen LogP contribution in [-0.2, 0) is 20.0 Å². The molecular weight excluding hydrogens is 370 g/mol. The van der Waals surface area contributed by atoms with Gasteiger partial charge in [0.2, 0.25) is 0 Å². The average Bonchev–Trinajstić information content (AvgIpc) is 2.91. The minimum atomic E-state index is -0.0307. The highest BCUT2D eigenvalue weighted by molar-refractivity contribution is 9.10. The van der Waals surface area contributed by atoms with Crippen molar-refractivity contribution in [2.75, 3.05) is 6.54 Å². The first-order chi connectivity index (χ1) is 11.5. The molecule has 0 atom stereocenters. The lowest BCUT2D eigenvalue weighted by Crippen LogP contribution is -2.36. The zero-order valence-electron chi connectivity index (χ0n) is 13.5. The van der Waals surface area contributed by atoms with Crippen LogP contribution in [0.2, 0.25) is 0 Å². The van der Waals surface area contributed by atoms with E-state index in [-0.39, 0.29) is 5.91 Å². The number of rotatable bonds is 1. The van der Waals surface area contributed by atoms with Crippen molar-refractivity contribution in [2.24, 2.45) is 7.05 Å². The summed E-state index contributed by atoms with van der Waals surface area (Å²) in [5.74, 6) is -0.0307. The van der Waals surface area contributed by atoms with Gasteiger partial charge in [-0.1, -0.05) is 0 Å². The van der Waals surface area contributed by atoms with Gasteiger partial charge in [-0.15, -0.1) is 0 Å². The summed E-state index contributed by atoms with van der Waals surface area (Å²) in [5, 5.41) is 5.27. The molecule has 0 aromatic carbocycles. The predicted octanol–water partition coefficient (Wildman–Crippen LogP) is 2.63. The molecule has 1 aliphatic heterocycles. The second kappa shape index (κ2) is 5.66. The zero-order valence-corrected chi connectivity index (χ0v) is 15.0. The minimum Gasteiger partial charge on any atom is -0.332 e. The molecule has 1 aliphatic rings. The molecule has 0 fully saturated rings. The van der Waals surface area contributed by atoms with Gasteiger partial charge in [-0.3, -0.25) is 9.48 Å². The number of halogens is 1. The molecule has 6 nitrogen and oxygen atoms in total. The second-order valence-corrected chi connectivity index (χ2v) is 6.98. The molecule has 1 amide bonds. The molecular formula is C17H16BrN5O. The lowest BCUT2D eigenvalue weighted by molar-refractivity contribution is 0.0727. The van der Waals surface area contributed by atoms with Crippen molar-refractivity contribution in [3.8, 4) is 0 Å². The highest BCUT2D eigenvalue weighted by atomic mass is 79.9. The van der Waals surface area contributed by atoms with Gasteiger partial charge in [-0.05, 0) is 46.6 Å². The number of carbonyl (C=O) groups is 1. The maximum Gasteiger partial charge on any atom is 0.274 e. The van der Waals surface area contributed by atoms with E-state index in [1.165, 1.54) is 0 Å². The van der Waals surface area contributed by atoms with Crippen molar-refractivity contribution in [3.63, 3.8) is 0 Å². The summed E-state index contributed by atoms with van der Waals surface area (Å²) in [6.07, 6.45) is 2.49. The fourth-order valence-electron chi connectivity index (χ4n) is 3.00. The Morgan fingerprint density at radius 1 is 1.29 bits per heavy atom. The first kappa shape index (κ1) is 15.3. The van der Waals surface area contributed by atoms with Crippen LogP contribution in [-0.4, -0.2) is 37.1 Å². The summed E-state index contributed by atoms with van der Waals surface area (Å²) in [7, 11) is 1.85. The summed E-state index contributed by atoms with van der Waals surface area (Å²) >= 11 is 3.44. The third-order valence-corrected chi connectivity index (χ3v) is 4.84. The van der Waals surface area contributed by atoms with Gasteiger partial charge >= 0.3 is 0 Å². The molecule has 4 heterocycles. The monoisotopic (exact) mass is 385 g/mol. The topological polar surface area (TPSA) is 63.9 Å². The molecule has 0 bridgehead atoms. The van der Waals surface area contributed by atoms with E-state index < -0.39 is 0 Å². The molecule has 0 radical (unpaired) electrons.